The van der Waals surface area contributed by atoms with E-state index >= 15 is 0 Å². The number of hydrogen-bond acceptors (Lipinski definition) is 5. The van der Waals surface area contributed by atoms with Crippen LogP contribution in [-0.4, -0.2) is 23.9 Å². The lowest BCUT2D eigenvalue weighted by Crippen LogP contribution is -2.47. The van der Waals surface area contributed by atoms with Crippen LogP contribution in [0, 0.1) is 12.7 Å². The van der Waals surface area contributed by atoms with Gasteiger partial charge in [0, 0.05) is 15.1 Å². The molecule has 5 aromatic rings. The highest BCUT2D eigenvalue weighted by Gasteiger charge is 2.31. The molecule has 0 unspecified atom stereocenters. The molecule has 6 nitrogen and oxygen atoms in total. The van der Waals surface area contributed by atoms with Crippen LogP contribution < -0.4 is 9.46 Å². The Bertz CT molecular complexity index is 1680. The summed E-state index contributed by atoms with van der Waals surface area (Å²) >= 11 is 7.28. The normalized spacial score (nSPS) is 12.5. The molecule has 0 saturated carbocycles. The van der Waals surface area contributed by atoms with E-state index < -0.39 is 15.7 Å². The summed E-state index contributed by atoms with van der Waals surface area (Å²) in [6, 6.07) is 16.7. The van der Waals surface area contributed by atoms with E-state index in [1.807, 2.05) is 12.1 Å². The molecule has 2 aromatic heterocycles. The molecule has 0 aliphatic rings. The van der Waals surface area contributed by atoms with Crippen molar-refractivity contribution in [2.24, 2.45) is 0 Å². The van der Waals surface area contributed by atoms with Gasteiger partial charge in [-0.3, -0.25) is 0 Å². The molecule has 2 heterocycles. The minimum absolute atomic E-state index is 0.225. The van der Waals surface area contributed by atoms with Crippen LogP contribution in [-0.2, 0) is 10.0 Å². The van der Waals surface area contributed by atoms with Crippen LogP contribution in [0.5, 0.6) is 5.75 Å². The maximum absolute atomic E-state index is 13.3. The van der Waals surface area contributed by atoms with Crippen molar-refractivity contribution in [2.45, 2.75) is 30.7 Å². The molecule has 0 fully saturated rings. The SMILES string of the molecule is Cc1c(S(=O)(=O)NC(C)(C)Oc2ccc3c(cnn3-c3ccc(F)cc3)c2)sc2ccc(Cl)cc12. The maximum Gasteiger partial charge on any atom is 0.253 e. The lowest BCUT2D eigenvalue weighted by atomic mass is 10.2. The first kappa shape index (κ1) is 23.7. The van der Waals surface area contributed by atoms with Gasteiger partial charge in [0.15, 0.2) is 5.72 Å². The molecule has 0 saturated heterocycles. The highest BCUT2D eigenvalue weighted by atomic mass is 35.5. The van der Waals surface area contributed by atoms with Crippen molar-refractivity contribution in [3.8, 4) is 11.4 Å². The summed E-state index contributed by atoms with van der Waals surface area (Å²) in [6.07, 6.45) is 1.68. The van der Waals surface area contributed by atoms with Gasteiger partial charge in [-0.1, -0.05) is 11.6 Å². The molecule has 3 aromatic carbocycles. The molecule has 0 bridgehead atoms. The number of thiophene rings is 1. The molecule has 35 heavy (non-hydrogen) atoms. The van der Waals surface area contributed by atoms with Crippen molar-refractivity contribution in [3.63, 3.8) is 0 Å². The van der Waals surface area contributed by atoms with Crippen molar-refractivity contribution in [3.05, 3.63) is 83.3 Å². The molecule has 5 rings (SSSR count). The molecule has 180 valence electrons. The Morgan fingerprint density at radius 2 is 1.83 bits per heavy atom. The van der Waals surface area contributed by atoms with Crippen molar-refractivity contribution in [1.82, 2.24) is 14.5 Å². The van der Waals surface area contributed by atoms with E-state index in [9.17, 15) is 12.8 Å². The summed E-state index contributed by atoms with van der Waals surface area (Å²) in [7, 11) is -3.87. The van der Waals surface area contributed by atoms with Crippen molar-refractivity contribution in [2.75, 3.05) is 0 Å². The average Bonchev–Trinajstić information content (AvgIpc) is 3.34. The summed E-state index contributed by atoms with van der Waals surface area (Å²) in [5.41, 5.74) is 0.940. The number of nitrogens with one attached hydrogen (secondary N) is 1. The monoisotopic (exact) mass is 529 g/mol. The van der Waals surface area contributed by atoms with Crippen LogP contribution in [0.25, 0.3) is 26.7 Å². The number of rotatable bonds is 6. The number of aromatic nitrogens is 2. The predicted octanol–water partition coefficient (Wildman–Crippen LogP) is 6.43. The fraction of sp³-hybridized carbons (Fsp3) is 0.160. The number of nitrogens with zero attached hydrogens (tertiary/aromatic N) is 2. The number of aryl methyl sites for hydroxylation is 1. The number of fused-ring (bicyclic) bond motifs is 2. The minimum atomic E-state index is -3.87. The Kier molecular flexibility index (Phi) is 5.83. The van der Waals surface area contributed by atoms with Crippen LogP contribution in [0.15, 0.2) is 71.1 Å². The second-order valence-electron chi connectivity index (χ2n) is 8.63. The quantitative estimate of drug-likeness (QED) is 0.257. The van der Waals surface area contributed by atoms with E-state index in [2.05, 4.69) is 9.82 Å². The molecule has 1 N–H and O–H groups in total. The fourth-order valence-electron chi connectivity index (χ4n) is 3.97. The van der Waals surface area contributed by atoms with E-state index in [0.29, 0.717) is 16.3 Å². The van der Waals surface area contributed by atoms with Gasteiger partial charge in [0.1, 0.15) is 15.8 Å². The summed E-state index contributed by atoms with van der Waals surface area (Å²) in [6.45, 7) is 5.07. The van der Waals surface area contributed by atoms with Crippen LogP contribution in [0.2, 0.25) is 5.02 Å². The van der Waals surface area contributed by atoms with Crippen LogP contribution in [0.1, 0.15) is 19.4 Å². The van der Waals surface area contributed by atoms with Gasteiger partial charge in [-0.05, 0) is 92.4 Å². The van der Waals surface area contributed by atoms with E-state index in [1.165, 1.54) is 23.5 Å². The van der Waals surface area contributed by atoms with Gasteiger partial charge in [-0.15, -0.1) is 11.3 Å². The third kappa shape index (κ3) is 4.64. The Labute approximate surface area is 211 Å². The van der Waals surface area contributed by atoms with Gasteiger partial charge in [0.05, 0.1) is 17.4 Å². The van der Waals surface area contributed by atoms with Crippen LogP contribution in [0.3, 0.4) is 0 Å². The van der Waals surface area contributed by atoms with Gasteiger partial charge >= 0.3 is 0 Å². The number of hydrogen-bond donors (Lipinski definition) is 1. The van der Waals surface area contributed by atoms with Crippen molar-refractivity contribution >= 4 is 54.0 Å². The third-order valence-corrected chi connectivity index (χ3v) is 9.23. The summed E-state index contributed by atoms with van der Waals surface area (Å²) in [5, 5.41) is 6.55. The summed E-state index contributed by atoms with van der Waals surface area (Å²) in [4.78, 5) is 0. The average molecular weight is 530 g/mol. The number of sulfonamides is 1. The molecule has 10 heteroatoms. The van der Waals surface area contributed by atoms with Crippen LogP contribution in [0.4, 0.5) is 4.39 Å². The zero-order valence-electron chi connectivity index (χ0n) is 19.0. The molecular formula is C25H21ClFN3O3S2. The van der Waals surface area contributed by atoms with E-state index in [1.54, 1.807) is 68.0 Å². The topological polar surface area (TPSA) is 73.2 Å². The first-order valence-electron chi connectivity index (χ1n) is 10.7. The summed E-state index contributed by atoms with van der Waals surface area (Å²) in [5.74, 6) is 0.156. The number of halogens is 2. The number of benzene rings is 3. The van der Waals surface area contributed by atoms with Gasteiger partial charge in [-0.2, -0.15) is 9.82 Å². The molecule has 0 atom stereocenters. The highest BCUT2D eigenvalue weighted by Crippen LogP contribution is 2.36. The molecule has 0 radical (unpaired) electrons. The molecule has 0 amide bonds. The third-order valence-electron chi connectivity index (χ3n) is 5.46. The first-order chi connectivity index (χ1) is 16.5. The standard InChI is InChI=1S/C25H21ClFN3O3S2/c1-15-21-13-17(26)4-11-23(21)34-24(15)35(31,32)29-25(2,3)33-20-9-10-22-16(12-20)14-28-30(22)19-7-5-18(27)6-8-19/h4-14,29H,1-3H3. The first-order valence-corrected chi connectivity index (χ1v) is 13.4. The van der Waals surface area contributed by atoms with Gasteiger partial charge in [-0.25, -0.2) is 17.5 Å². The Balaban J connectivity index is 1.40. The fourth-order valence-corrected chi connectivity index (χ4v) is 7.20. The number of ether oxygens (including phenoxy) is 1. The molecule has 0 aliphatic carbocycles. The van der Waals surface area contributed by atoms with E-state index in [0.717, 1.165) is 26.7 Å². The van der Waals surface area contributed by atoms with Crippen molar-refractivity contribution < 1.29 is 17.5 Å². The lowest BCUT2D eigenvalue weighted by Gasteiger charge is -2.27. The Morgan fingerprint density at radius 3 is 2.57 bits per heavy atom. The predicted molar refractivity (Wildman–Crippen MR) is 138 cm³/mol. The zero-order valence-corrected chi connectivity index (χ0v) is 21.4. The highest BCUT2D eigenvalue weighted by molar-refractivity contribution is 7.91. The smallest absolute Gasteiger partial charge is 0.253 e. The largest absolute Gasteiger partial charge is 0.472 e. The van der Waals surface area contributed by atoms with Crippen molar-refractivity contribution in [1.29, 1.82) is 0 Å². The summed E-state index contributed by atoms with van der Waals surface area (Å²) < 4.78 is 51.3. The Hall–Kier alpha value is -2.98. The van der Waals surface area contributed by atoms with E-state index in [-0.39, 0.29) is 10.0 Å². The van der Waals surface area contributed by atoms with Gasteiger partial charge < -0.3 is 4.74 Å². The molecule has 0 spiro atoms. The Morgan fingerprint density at radius 1 is 1.09 bits per heavy atom. The molecular weight excluding hydrogens is 509 g/mol. The lowest BCUT2D eigenvalue weighted by molar-refractivity contribution is 0.0978. The van der Waals surface area contributed by atoms with Gasteiger partial charge in [0.25, 0.3) is 10.0 Å². The van der Waals surface area contributed by atoms with Crippen LogP contribution >= 0.6 is 22.9 Å². The maximum atomic E-state index is 13.3. The van der Waals surface area contributed by atoms with Gasteiger partial charge in [0.2, 0.25) is 0 Å². The zero-order chi connectivity index (χ0) is 25.0. The molecule has 0 aliphatic heterocycles. The second kappa shape index (κ2) is 8.60. The second-order valence-corrected chi connectivity index (χ2v) is 12.0. The van der Waals surface area contributed by atoms with E-state index in [4.69, 9.17) is 16.3 Å². The minimum Gasteiger partial charge on any atom is -0.472 e.